The van der Waals surface area contributed by atoms with Crippen LogP contribution in [0, 0.1) is 10.8 Å². The molecule has 22 heavy (non-hydrogen) atoms. The number of hydrogen-bond donors (Lipinski definition) is 1. The molecule has 0 bridgehead atoms. The van der Waals surface area contributed by atoms with E-state index in [4.69, 9.17) is 9.47 Å². The summed E-state index contributed by atoms with van der Waals surface area (Å²) in [5.41, 5.74) is 0.499. The van der Waals surface area contributed by atoms with Gasteiger partial charge in [-0.25, -0.2) is 4.79 Å². The van der Waals surface area contributed by atoms with Gasteiger partial charge in [0.05, 0.1) is 12.7 Å². The highest BCUT2D eigenvalue weighted by Crippen LogP contribution is 2.57. The second kappa shape index (κ2) is 5.38. The van der Waals surface area contributed by atoms with E-state index in [1.54, 1.807) is 0 Å². The first-order valence-corrected chi connectivity index (χ1v) is 8.92. The van der Waals surface area contributed by atoms with Crippen molar-refractivity contribution in [3.05, 3.63) is 0 Å². The molecule has 2 amide bonds. The molecule has 4 fully saturated rings. The van der Waals surface area contributed by atoms with Gasteiger partial charge in [-0.15, -0.1) is 0 Å². The summed E-state index contributed by atoms with van der Waals surface area (Å²) in [5, 5.41) is 3.31. The molecule has 5 heteroatoms. The first-order chi connectivity index (χ1) is 10.7. The number of carbonyl (C=O) groups is 1. The molecule has 2 saturated heterocycles. The van der Waals surface area contributed by atoms with Crippen molar-refractivity contribution in [1.82, 2.24) is 10.2 Å². The summed E-state index contributed by atoms with van der Waals surface area (Å²) in [7, 11) is 0. The van der Waals surface area contributed by atoms with Crippen molar-refractivity contribution < 1.29 is 14.3 Å². The molecular formula is C17H28N2O3. The highest BCUT2D eigenvalue weighted by Gasteiger charge is 2.59. The van der Waals surface area contributed by atoms with Crippen LogP contribution in [0.4, 0.5) is 4.79 Å². The second-order valence-electron chi connectivity index (χ2n) is 7.74. The molecule has 2 aliphatic heterocycles. The molecular weight excluding hydrogens is 280 g/mol. The van der Waals surface area contributed by atoms with Crippen LogP contribution in [-0.4, -0.2) is 56.0 Å². The largest absolute Gasteiger partial charge is 0.381 e. The van der Waals surface area contributed by atoms with Crippen LogP contribution in [0.25, 0.3) is 0 Å². The smallest absolute Gasteiger partial charge is 0.317 e. The Morgan fingerprint density at radius 3 is 2.86 bits per heavy atom. The Morgan fingerprint density at radius 1 is 1.36 bits per heavy atom. The van der Waals surface area contributed by atoms with Crippen molar-refractivity contribution in [2.75, 3.05) is 32.9 Å². The maximum Gasteiger partial charge on any atom is 0.317 e. The fourth-order valence-corrected chi connectivity index (χ4v) is 4.96. The van der Waals surface area contributed by atoms with E-state index in [0.717, 1.165) is 52.2 Å². The average Bonchev–Trinajstić information content (AvgIpc) is 3.06. The van der Waals surface area contributed by atoms with Gasteiger partial charge in [0, 0.05) is 43.2 Å². The molecule has 1 N–H and O–H groups in total. The van der Waals surface area contributed by atoms with Gasteiger partial charge < -0.3 is 19.7 Å². The first-order valence-electron chi connectivity index (χ1n) is 8.92. The fourth-order valence-electron chi connectivity index (χ4n) is 4.96. The molecule has 0 aromatic heterocycles. The Morgan fingerprint density at radius 2 is 2.23 bits per heavy atom. The highest BCUT2D eigenvalue weighted by molar-refractivity contribution is 5.75. The number of likely N-dealkylation sites (tertiary alicyclic amines) is 1. The number of hydrogen-bond acceptors (Lipinski definition) is 3. The Hall–Kier alpha value is -0.810. The molecule has 2 heterocycles. The Balaban J connectivity index is 1.33. The molecule has 2 aliphatic carbocycles. The fraction of sp³-hybridized carbons (Fsp3) is 0.941. The van der Waals surface area contributed by atoms with Gasteiger partial charge >= 0.3 is 6.03 Å². The van der Waals surface area contributed by atoms with E-state index in [1.807, 2.05) is 4.90 Å². The van der Waals surface area contributed by atoms with Crippen LogP contribution in [0.2, 0.25) is 0 Å². The van der Waals surface area contributed by atoms with Crippen molar-refractivity contribution in [1.29, 1.82) is 0 Å². The summed E-state index contributed by atoms with van der Waals surface area (Å²) in [6, 6.07) is 0.455. The summed E-state index contributed by atoms with van der Waals surface area (Å²) in [5.74, 6) is 0. The molecule has 124 valence electrons. The molecule has 0 aromatic rings. The van der Waals surface area contributed by atoms with Crippen LogP contribution >= 0.6 is 0 Å². The Bertz CT molecular complexity index is 443. The normalized spacial score (nSPS) is 39.0. The van der Waals surface area contributed by atoms with Gasteiger partial charge in [0.15, 0.2) is 0 Å². The van der Waals surface area contributed by atoms with Crippen molar-refractivity contribution >= 4 is 6.03 Å². The van der Waals surface area contributed by atoms with Gasteiger partial charge in [-0.05, 0) is 39.0 Å². The van der Waals surface area contributed by atoms with E-state index in [-0.39, 0.29) is 16.9 Å². The third kappa shape index (κ3) is 2.16. The van der Waals surface area contributed by atoms with Gasteiger partial charge in [0.2, 0.25) is 0 Å². The zero-order chi connectivity index (χ0) is 15.2. The van der Waals surface area contributed by atoms with E-state index < -0.39 is 0 Å². The standard InChI is InChI=1S/C17H28N2O3/c1-2-22-14-10-13(17(14)4-3-5-17)18-15(20)19-8-6-16(11-19)7-9-21-12-16/h13-14H,2-12H2,1H3,(H,18,20)/t13-,14+,16+/m0/s1. The summed E-state index contributed by atoms with van der Waals surface area (Å²) in [6.07, 6.45) is 7.25. The van der Waals surface area contributed by atoms with Gasteiger partial charge in [-0.3, -0.25) is 0 Å². The summed E-state index contributed by atoms with van der Waals surface area (Å²) in [6.45, 7) is 6.28. The summed E-state index contributed by atoms with van der Waals surface area (Å²) < 4.78 is 11.4. The van der Waals surface area contributed by atoms with E-state index >= 15 is 0 Å². The molecule has 2 saturated carbocycles. The zero-order valence-corrected chi connectivity index (χ0v) is 13.6. The summed E-state index contributed by atoms with van der Waals surface area (Å²) in [4.78, 5) is 14.6. The molecule has 3 atom stereocenters. The maximum absolute atomic E-state index is 12.6. The maximum atomic E-state index is 12.6. The van der Waals surface area contributed by atoms with Crippen LogP contribution < -0.4 is 5.32 Å². The monoisotopic (exact) mass is 308 g/mol. The SMILES string of the molecule is CCO[C@@H]1C[C@H](NC(=O)N2CC[C@@]3(CCOC3)C2)C12CCC2. The van der Waals surface area contributed by atoms with Gasteiger partial charge in [-0.1, -0.05) is 6.42 Å². The molecule has 5 nitrogen and oxygen atoms in total. The highest BCUT2D eigenvalue weighted by atomic mass is 16.5. The van der Waals surface area contributed by atoms with E-state index in [0.29, 0.717) is 12.1 Å². The number of nitrogens with one attached hydrogen (secondary N) is 1. The van der Waals surface area contributed by atoms with Gasteiger partial charge in [0.25, 0.3) is 0 Å². The molecule has 4 rings (SSSR count). The molecule has 0 unspecified atom stereocenters. The second-order valence-corrected chi connectivity index (χ2v) is 7.74. The van der Waals surface area contributed by atoms with Crippen molar-refractivity contribution in [2.45, 2.75) is 57.6 Å². The minimum Gasteiger partial charge on any atom is -0.381 e. The number of amides is 2. The van der Waals surface area contributed by atoms with Crippen molar-refractivity contribution in [2.24, 2.45) is 10.8 Å². The van der Waals surface area contributed by atoms with E-state index in [9.17, 15) is 4.79 Å². The zero-order valence-electron chi connectivity index (χ0n) is 13.6. The first kappa shape index (κ1) is 14.8. The molecule has 0 radical (unpaired) electrons. The number of nitrogens with zero attached hydrogens (tertiary/aromatic N) is 1. The van der Waals surface area contributed by atoms with Crippen LogP contribution in [-0.2, 0) is 9.47 Å². The van der Waals surface area contributed by atoms with E-state index in [2.05, 4.69) is 12.2 Å². The van der Waals surface area contributed by atoms with Crippen LogP contribution in [0.15, 0.2) is 0 Å². The number of carbonyl (C=O) groups excluding carboxylic acids is 1. The lowest BCUT2D eigenvalue weighted by atomic mass is 9.51. The van der Waals surface area contributed by atoms with Gasteiger partial charge in [-0.2, -0.15) is 0 Å². The predicted octanol–water partition coefficient (Wildman–Crippen LogP) is 2.16. The molecule has 4 aliphatic rings. The third-order valence-electron chi connectivity index (χ3n) is 6.65. The number of rotatable bonds is 3. The van der Waals surface area contributed by atoms with Gasteiger partial charge in [0.1, 0.15) is 0 Å². The van der Waals surface area contributed by atoms with Crippen LogP contribution in [0.5, 0.6) is 0 Å². The molecule has 0 aromatic carbocycles. The number of ether oxygens (including phenoxy) is 2. The third-order valence-corrected chi connectivity index (χ3v) is 6.65. The predicted molar refractivity (Wildman–Crippen MR) is 82.7 cm³/mol. The minimum absolute atomic E-state index is 0.134. The topological polar surface area (TPSA) is 50.8 Å². The van der Waals surface area contributed by atoms with Crippen LogP contribution in [0.1, 0.15) is 45.4 Å². The lowest BCUT2D eigenvalue weighted by molar-refractivity contribution is -0.169. The summed E-state index contributed by atoms with van der Waals surface area (Å²) >= 11 is 0. The van der Waals surface area contributed by atoms with E-state index in [1.165, 1.54) is 19.3 Å². The number of urea groups is 1. The lowest BCUT2D eigenvalue weighted by Crippen LogP contribution is -2.68. The van der Waals surface area contributed by atoms with Crippen LogP contribution in [0.3, 0.4) is 0 Å². The Kier molecular flexibility index (Phi) is 3.61. The minimum atomic E-state index is 0.134. The Labute approximate surface area is 132 Å². The van der Waals surface area contributed by atoms with Crippen molar-refractivity contribution in [3.63, 3.8) is 0 Å². The average molecular weight is 308 g/mol. The van der Waals surface area contributed by atoms with Crippen molar-refractivity contribution in [3.8, 4) is 0 Å². The molecule has 2 spiro atoms. The quantitative estimate of drug-likeness (QED) is 0.869. The lowest BCUT2D eigenvalue weighted by Gasteiger charge is -2.61.